The van der Waals surface area contributed by atoms with Gasteiger partial charge in [-0.05, 0) is 41.8 Å². The highest BCUT2D eigenvalue weighted by molar-refractivity contribution is 7.10. The lowest BCUT2D eigenvalue weighted by atomic mass is 10.1. The fourth-order valence-electron chi connectivity index (χ4n) is 2.46. The van der Waals surface area contributed by atoms with Crippen LogP contribution in [-0.4, -0.2) is 19.7 Å². The van der Waals surface area contributed by atoms with Gasteiger partial charge in [0.15, 0.2) is 0 Å². The number of rotatable bonds is 6. The molecule has 3 aromatic rings. The fourth-order valence-corrected chi connectivity index (χ4v) is 3.47. The standard InChI is InChI=1S/C18H17ClN2O3S/c1-23-16-7-6-12(19)10-14(16)21-18(22)20-11-13(15-4-2-8-24-15)17-5-3-9-25-17/h2-10,13H,11H2,1H3,(H2,20,21,22). The quantitative estimate of drug-likeness (QED) is 0.639. The Kier molecular flexibility index (Phi) is 5.63. The normalized spacial score (nSPS) is 11.8. The van der Waals surface area contributed by atoms with E-state index in [0.717, 1.165) is 10.6 Å². The van der Waals surface area contributed by atoms with Crippen molar-refractivity contribution in [2.45, 2.75) is 5.92 Å². The second-order valence-electron chi connectivity index (χ2n) is 5.26. The minimum atomic E-state index is -0.339. The van der Waals surface area contributed by atoms with Crippen molar-refractivity contribution in [2.24, 2.45) is 0 Å². The Morgan fingerprint density at radius 1 is 1.32 bits per heavy atom. The number of carbonyl (C=O) groups excluding carboxylic acids is 1. The number of urea groups is 1. The first-order chi connectivity index (χ1) is 12.2. The molecule has 130 valence electrons. The Bertz CT molecular complexity index is 785. The number of furan rings is 1. The molecule has 0 saturated carbocycles. The predicted molar refractivity (Wildman–Crippen MR) is 99.9 cm³/mol. The molecule has 0 saturated heterocycles. The monoisotopic (exact) mass is 376 g/mol. The molecule has 0 radical (unpaired) electrons. The molecule has 0 bridgehead atoms. The number of thiophene rings is 1. The number of amides is 2. The zero-order valence-corrected chi connectivity index (χ0v) is 15.1. The molecule has 7 heteroatoms. The number of benzene rings is 1. The largest absolute Gasteiger partial charge is 0.495 e. The third kappa shape index (κ3) is 4.35. The van der Waals surface area contributed by atoms with Gasteiger partial charge in [0.1, 0.15) is 11.5 Å². The molecule has 1 atom stereocenters. The Morgan fingerprint density at radius 3 is 2.88 bits per heavy atom. The third-order valence-electron chi connectivity index (χ3n) is 3.65. The number of halogens is 1. The van der Waals surface area contributed by atoms with Crippen molar-refractivity contribution < 1.29 is 13.9 Å². The van der Waals surface area contributed by atoms with Gasteiger partial charge in [-0.3, -0.25) is 0 Å². The molecule has 25 heavy (non-hydrogen) atoms. The zero-order valence-electron chi connectivity index (χ0n) is 13.5. The molecule has 1 unspecified atom stereocenters. The second-order valence-corrected chi connectivity index (χ2v) is 6.68. The summed E-state index contributed by atoms with van der Waals surface area (Å²) in [4.78, 5) is 13.4. The van der Waals surface area contributed by atoms with E-state index < -0.39 is 0 Å². The van der Waals surface area contributed by atoms with Gasteiger partial charge >= 0.3 is 6.03 Å². The molecule has 5 nitrogen and oxygen atoms in total. The van der Waals surface area contributed by atoms with Crippen molar-refractivity contribution in [3.63, 3.8) is 0 Å². The van der Waals surface area contributed by atoms with E-state index in [1.165, 1.54) is 7.11 Å². The van der Waals surface area contributed by atoms with E-state index in [-0.39, 0.29) is 11.9 Å². The van der Waals surface area contributed by atoms with E-state index in [9.17, 15) is 4.79 Å². The topological polar surface area (TPSA) is 63.5 Å². The Labute approximate surface area is 154 Å². The Balaban J connectivity index is 1.67. The molecule has 0 fully saturated rings. The van der Waals surface area contributed by atoms with Crippen LogP contribution in [0.2, 0.25) is 5.02 Å². The summed E-state index contributed by atoms with van der Waals surface area (Å²) in [5.74, 6) is 1.31. The Hall–Kier alpha value is -2.44. The maximum absolute atomic E-state index is 12.3. The summed E-state index contributed by atoms with van der Waals surface area (Å²) < 4.78 is 10.7. The van der Waals surface area contributed by atoms with Gasteiger partial charge in [-0.15, -0.1) is 11.3 Å². The number of ether oxygens (including phenoxy) is 1. The van der Waals surface area contributed by atoms with E-state index in [1.807, 2.05) is 29.6 Å². The second kappa shape index (κ2) is 8.09. The van der Waals surface area contributed by atoms with Crippen molar-refractivity contribution in [2.75, 3.05) is 19.0 Å². The average Bonchev–Trinajstić information content (AvgIpc) is 3.29. The molecular weight excluding hydrogens is 360 g/mol. The van der Waals surface area contributed by atoms with Crippen LogP contribution in [0.4, 0.5) is 10.5 Å². The number of methoxy groups -OCH3 is 1. The lowest BCUT2D eigenvalue weighted by Crippen LogP contribution is -2.32. The van der Waals surface area contributed by atoms with Crippen LogP contribution < -0.4 is 15.4 Å². The van der Waals surface area contributed by atoms with Gasteiger partial charge in [0, 0.05) is 16.4 Å². The van der Waals surface area contributed by atoms with Crippen LogP contribution in [0.5, 0.6) is 5.75 Å². The number of hydrogen-bond donors (Lipinski definition) is 2. The van der Waals surface area contributed by atoms with Crippen LogP contribution in [0.25, 0.3) is 0 Å². The van der Waals surface area contributed by atoms with Crippen molar-refractivity contribution >= 4 is 34.7 Å². The minimum absolute atomic E-state index is 0.0398. The van der Waals surface area contributed by atoms with Gasteiger partial charge in [-0.1, -0.05) is 17.7 Å². The van der Waals surface area contributed by atoms with Gasteiger partial charge in [-0.25, -0.2) is 4.79 Å². The molecule has 0 aliphatic rings. The number of nitrogens with one attached hydrogen (secondary N) is 2. The lowest BCUT2D eigenvalue weighted by Gasteiger charge is -2.15. The van der Waals surface area contributed by atoms with Gasteiger partial charge in [-0.2, -0.15) is 0 Å². The van der Waals surface area contributed by atoms with Crippen molar-refractivity contribution in [3.05, 3.63) is 69.8 Å². The average molecular weight is 377 g/mol. The molecule has 0 aliphatic heterocycles. The van der Waals surface area contributed by atoms with Crippen molar-refractivity contribution in [1.29, 1.82) is 0 Å². The Morgan fingerprint density at radius 2 is 2.20 bits per heavy atom. The number of anilines is 1. The number of hydrogen-bond acceptors (Lipinski definition) is 4. The highest BCUT2D eigenvalue weighted by Crippen LogP contribution is 2.29. The van der Waals surface area contributed by atoms with Crippen LogP contribution in [0.1, 0.15) is 16.6 Å². The zero-order chi connectivity index (χ0) is 17.6. The van der Waals surface area contributed by atoms with Crippen LogP contribution in [0, 0.1) is 0 Å². The summed E-state index contributed by atoms with van der Waals surface area (Å²) in [6.45, 7) is 0.405. The van der Waals surface area contributed by atoms with Crippen LogP contribution in [0.3, 0.4) is 0 Å². The van der Waals surface area contributed by atoms with Crippen LogP contribution in [-0.2, 0) is 0 Å². The van der Waals surface area contributed by atoms with E-state index in [0.29, 0.717) is 23.0 Å². The maximum atomic E-state index is 12.3. The number of carbonyl (C=O) groups is 1. The van der Waals surface area contributed by atoms with E-state index in [1.54, 1.807) is 35.8 Å². The summed E-state index contributed by atoms with van der Waals surface area (Å²) in [6.07, 6.45) is 1.63. The molecule has 3 rings (SSSR count). The van der Waals surface area contributed by atoms with Gasteiger partial charge < -0.3 is 19.8 Å². The SMILES string of the molecule is COc1ccc(Cl)cc1NC(=O)NCC(c1ccco1)c1cccs1. The summed E-state index contributed by atoms with van der Waals surface area (Å²) in [6, 6.07) is 12.5. The van der Waals surface area contributed by atoms with Crippen LogP contribution in [0.15, 0.2) is 58.5 Å². The van der Waals surface area contributed by atoms with Gasteiger partial charge in [0.05, 0.1) is 25.0 Å². The van der Waals surface area contributed by atoms with Crippen molar-refractivity contribution in [1.82, 2.24) is 5.32 Å². The molecule has 0 spiro atoms. The van der Waals surface area contributed by atoms with E-state index in [2.05, 4.69) is 10.6 Å². The predicted octanol–water partition coefficient (Wildman–Crippen LogP) is 4.96. The molecule has 2 heterocycles. The first kappa shape index (κ1) is 17.4. The van der Waals surface area contributed by atoms with Gasteiger partial charge in [0.2, 0.25) is 0 Å². The maximum Gasteiger partial charge on any atom is 0.319 e. The molecule has 2 amide bonds. The minimum Gasteiger partial charge on any atom is -0.495 e. The fraction of sp³-hybridized carbons (Fsp3) is 0.167. The van der Waals surface area contributed by atoms with Crippen LogP contribution >= 0.6 is 22.9 Å². The molecular formula is C18H17ClN2O3S. The molecule has 2 N–H and O–H groups in total. The first-order valence-corrected chi connectivity index (χ1v) is 8.88. The van der Waals surface area contributed by atoms with Crippen molar-refractivity contribution in [3.8, 4) is 5.75 Å². The molecule has 1 aromatic carbocycles. The summed E-state index contributed by atoms with van der Waals surface area (Å²) in [5, 5.41) is 8.16. The highest BCUT2D eigenvalue weighted by Gasteiger charge is 2.19. The summed E-state index contributed by atoms with van der Waals surface area (Å²) in [5.41, 5.74) is 0.512. The molecule has 0 aliphatic carbocycles. The lowest BCUT2D eigenvalue weighted by molar-refractivity contribution is 0.251. The first-order valence-electron chi connectivity index (χ1n) is 7.62. The summed E-state index contributed by atoms with van der Waals surface area (Å²) in [7, 11) is 1.54. The summed E-state index contributed by atoms with van der Waals surface area (Å²) >= 11 is 7.61. The van der Waals surface area contributed by atoms with E-state index >= 15 is 0 Å². The highest BCUT2D eigenvalue weighted by atomic mass is 35.5. The van der Waals surface area contributed by atoms with Gasteiger partial charge in [0.25, 0.3) is 0 Å². The molecule has 2 aromatic heterocycles. The smallest absolute Gasteiger partial charge is 0.319 e. The van der Waals surface area contributed by atoms with E-state index in [4.69, 9.17) is 20.8 Å². The third-order valence-corrected chi connectivity index (χ3v) is 4.87.